The number of amidine groups is 1. The van der Waals surface area contributed by atoms with Gasteiger partial charge in [-0.3, -0.25) is 9.69 Å². The lowest BCUT2D eigenvalue weighted by atomic mass is 10.1. The molecular formula is C20H16ClN2O3S-. The van der Waals surface area contributed by atoms with Gasteiger partial charge in [0, 0.05) is 11.6 Å². The van der Waals surface area contributed by atoms with E-state index in [0.29, 0.717) is 28.8 Å². The largest absolute Gasteiger partial charge is 0.545 e. The summed E-state index contributed by atoms with van der Waals surface area (Å²) >= 11 is 7.41. The monoisotopic (exact) mass is 399 g/mol. The van der Waals surface area contributed by atoms with Crippen LogP contribution in [-0.2, 0) is 11.2 Å². The van der Waals surface area contributed by atoms with Crippen molar-refractivity contribution in [2.24, 2.45) is 4.99 Å². The van der Waals surface area contributed by atoms with Crippen LogP contribution in [-0.4, -0.2) is 33.7 Å². The van der Waals surface area contributed by atoms with Crippen molar-refractivity contribution in [3.05, 3.63) is 77.3 Å². The number of carboxylic acids is 1. The minimum atomic E-state index is -1.24. The van der Waals surface area contributed by atoms with Gasteiger partial charge in [0.1, 0.15) is 0 Å². The second kappa shape index (κ2) is 8.41. The number of carboxylic acid groups (broad SMARTS) is 1. The Bertz CT molecular complexity index is 912. The highest BCUT2D eigenvalue weighted by molar-refractivity contribution is 8.15. The molecule has 1 saturated heterocycles. The molecule has 1 atom stereocenters. The van der Waals surface area contributed by atoms with Crippen LogP contribution in [0.5, 0.6) is 0 Å². The van der Waals surface area contributed by atoms with Crippen molar-refractivity contribution in [1.82, 2.24) is 4.90 Å². The summed E-state index contributed by atoms with van der Waals surface area (Å²) in [6.07, 6.45) is 2.19. The van der Waals surface area contributed by atoms with Crippen LogP contribution in [0.15, 0.2) is 66.2 Å². The van der Waals surface area contributed by atoms with Gasteiger partial charge in [0.25, 0.3) is 0 Å². The predicted octanol–water partition coefficient (Wildman–Crippen LogP) is 3.06. The topological polar surface area (TPSA) is 72.8 Å². The summed E-state index contributed by atoms with van der Waals surface area (Å²) < 4.78 is 0. The first-order valence-electron chi connectivity index (χ1n) is 8.21. The lowest BCUT2D eigenvalue weighted by Gasteiger charge is -2.14. The number of carbonyl (C=O) groups excluding carboxylic acids is 2. The van der Waals surface area contributed by atoms with Crippen molar-refractivity contribution in [2.75, 3.05) is 6.54 Å². The molecule has 1 fully saturated rings. The summed E-state index contributed by atoms with van der Waals surface area (Å²) in [6, 6.07) is 13.5. The standard InChI is InChI=1S/C20H17ClN2O3S/c1-2-10-23-18(24)17(12-13-4-3-5-15(21)11-13)27-20(23)22-16-8-6-14(7-9-16)19(25)26/h2-9,11,17H,1,10,12H2,(H,25,26)/p-1/t17-/m0/s1. The highest BCUT2D eigenvalue weighted by Crippen LogP contribution is 2.32. The summed E-state index contributed by atoms with van der Waals surface area (Å²) in [7, 11) is 0. The minimum absolute atomic E-state index is 0.0371. The van der Waals surface area contributed by atoms with E-state index in [-0.39, 0.29) is 16.7 Å². The van der Waals surface area contributed by atoms with Crippen LogP contribution in [0.25, 0.3) is 0 Å². The number of aromatic carboxylic acids is 1. The fourth-order valence-corrected chi connectivity index (χ4v) is 4.10. The van der Waals surface area contributed by atoms with Gasteiger partial charge in [-0.15, -0.1) is 6.58 Å². The number of benzene rings is 2. The zero-order valence-corrected chi connectivity index (χ0v) is 15.9. The van der Waals surface area contributed by atoms with Crippen molar-refractivity contribution in [2.45, 2.75) is 11.7 Å². The van der Waals surface area contributed by atoms with Gasteiger partial charge in [-0.25, -0.2) is 4.99 Å². The Morgan fingerprint density at radius 3 is 2.67 bits per heavy atom. The van der Waals surface area contributed by atoms with E-state index in [9.17, 15) is 14.7 Å². The number of nitrogens with zero attached hydrogens (tertiary/aromatic N) is 2. The third-order valence-corrected chi connectivity index (χ3v) is 5.38. The highest BCUT2D eigenvalue weighted by Gasteiger charge is 2.37. The van der Waals surface area contributed by atoms with E-state index >= 15 is 0 Å². The number of hydrogen-bond donors (Lipinski definition) is 0. The minimum Gasteiger partial charge on any atom is -0.545 e. The Morgan fingerprint density at radius 2 is 2.04 bits per heavy atom. The van der Waals surface area contributed by atoms with Gasteiger partial charge in [-0.05, 0) is 41.8 Å². The quantitative estimate of drug-likeness (QED) is 0.700. The van der Waals surface area contributed by atoms with Crippen LogP contribution < -0.4 is 5.11 Å². The van der Waals surface area contributed by atoms with Crippen LogP contribution in [0, 0.1) is 0 Å². The zero-order chi connectivity index (χ0) is 19.4. The second-order valence-electron chi connectivity index (χ2n) is 5.91. The van der Waals surface area contributed by atoms with Crippen molar-refractivity contribution in [3.63, 3.8) is 0 Å². The predicted molar refractivity (Wildman–Crippen MR) is 106 cm³/mol. The number of carbonyl (C=O) groups is 2. The lowest BCUT2D eigenvalue weighted by molar-refractivity contribution is -0.255. The molecular weight excluding hydrogens is 384 g/mol. The fraction of sp³-hybridized carbons (Fsp3) is 0.150. The third-order valence-electron chi connectivity index (χ3n) is 3.97. The van der Waals surface area contributed by atoms with Crippen LogP contribution in [0.2, 0.25) is 5.02 Å². The van der Waals surface area contributed by atoms with Crippen molar-refractivity contribution in [3.8, 4) is 0 Å². The van der Waals surface area contributed by atoms with E-state index in [1.807, 2.05) is 18.2 Å². The number of amides is 1. The molecule has 0 N–H and O–H groups in total. The van der Waals surface area contributed by atoms with Gasteiger partial charge < -0.3 is 9.90 Å². The first-order chi connectivity index (χ1) is 13.0. The summed E-state index contributed by atoms with van der Waals surface area (Å²) in [5.74, 6) is -1.28. The molecule has 2 aromatic carbocycles. The molecule has 2 aromatic rings. The van der Waals surface area contributed by atoms with E-state index in [1.54, 1.807) is 29.2 Å². The molecule has 0 aliphatic carbocycles. The molecule has 0 saturated carbocycles. The molecule has 0 radical (unpaired) electrons. The Hall–Kier alpha value is -2.57. The van der Waals surface area contributed by atoms with Crippen LogP contribution in [0.4, 0.5) is 5.69 Å². The van der Waals surface area contributed by atoms with Gasteiger partial charge in [0.15, 0.2) is 5.17 Å². The highest BCUT2D eigenvalue weighted by atomic mass is 35.5. The molecule has 0 spiro atoms. The van der Waals surface area contributed by atoms with Crippen molar-refractivity contribution >= 4 is 46.1 Å². The third kappa shape index (κ3) is 4.59. The molecule has 0 unspecified atom stereocenters. The van der Waals surface area contributed by atoms with Crippen LogP contribution in [0.1, 0.15) is 15.9 Å². The summed E-state index contributed by atoms with van der Waals surface area (Å²) in [6.45, 7) is 4.06. The molecule has 1 aliphatic rings. The lowest BCUT2D eigenvalue weighted by Crippen LogP contribution is -2.32. The fourth-order valence-electron chi connectivity index (χ4n) is 2.68. The Morgan fingerprint density at radius 1 is 1.30 bits per heavy atom. The van der Waals surface area contributed by atoms with Crippen molar-refractivity contribution < 1.29 is 14.7 Å². The van der Waals surface area contributed by atoms with Crippen LogP contribution >= 0.6 is 23.4 Å². The number of aliphatic imine (C=N–C) groups is 1. The molecule has 5 nitrogen and oxygen atoms in total. The molecule has 1 amide bonds. The smallest absolute Gasteiger partial charge is 0.242 e. The van der Waals surface area contributed by atoms with Gasteiger partial charge >= 0.3 is 0 Å². The maximum Gasteiger partial charge on any atom is 0.242 e. The van der Waals surface area contributed by atoms with E-state index in [2.05, 4.69) is 11.6 Å². The van der Waals surface area contributed by atoms with E-state index in [0.717, 1.165) is 5.56 Å². The number of halogens is 1. The summed E-state index contributed by atoms with van der Waals surface area (Å²) in [4.78, 5) is 29.7. The van der Waals surface area contributed by atoms with E-state index < -0.39 is 5.97 Å². The Balaban J connectivity index is 1.84. The molecule has 1 heterocycles. The van der Waals surface area contributed by atoms with Gasteiger partial charge in [-0.2, -0.15) is 0 Å². The number of rotatable bonds is 6. The first kappa shape index (κ1) is 19.2. The maximum atomic E-state index is 12.8. The molecule has 0 aromatic heterocycles. The van der Waals surface area contributed by atoms with Crippen molar-refractivity contribution in [1.29, 1.82) is 0 Å². The van der Waals surface area contributed by atoms with E-state index in [1.165, 1.54) is 23.9 Å². The average Bonchev–Trinajstić information content (AvgIpc) is 2.91. The Labute approximate surface area is 166 Å². The normalized spacial score (nSPS) is 18.1. The van der Waals surface area contributed by atoms with E-state index in [4.69, 9.17) is 11.6 Å². The molecule has 7 heteroatoms. The average molecular weight is 400 g/mol. The zero-order valence-electron chi connectivity index (χ0n) is 14.3. The SMILES string of the molecule is C=CCN1C(=O)[C@H](Cc2cccc(Cl)c2)SC1=Nc1ccc(C(=O)[O-])cc1. The number of thioether (sulfide) groups is 1. The van der Waals surface area contributed by atoms with Gasteiger partial charge in [0.05, 0.1) is 16.9 Å². The van der Waals surface area contributed by atoms with Crippen LogP contribution in [0.3, 0.4) is 0 Å². The second-order valence-corrected chi connectivity index (χ2v) is 7.51. The Kier molecular flexibility index (Phi) is 5.98. The number of hydrogen-bond acceptors (Lipinski definition) is 5. The summed E-state index contributed by atoms with van der Waals surface area (Å²) in [5, 5.41) is 11.7. The molecule has 138 valence electrons. The molecule has 0 bridgehead atoms. The van der Waals surface area contributed by atoms with Gasteiger partial charge in [0.2, 0.25) is 5.91 Å². The molecule has 3 rings (SSSR count). The summed E-state index contributed by atoms with van der Waals surface area (Å²) in [5.41, 5.74) is 1.62. The molecule has 27 heavy (non-hydrogen) atoms. The van der Waals surface area contributed by atoms with Gasteiger partial charge in [-0.1, -0.05) is 53.7 Å². The maximum absolute atomic E-state index is 12.8. The molecule has 1 aliphatic heterocycles. The first-order valence-corrected chi connectivity index (χ1v) is 9.47.